The maximum Gasteiger partial charge on any atom is 0.266 e. The van der Waals surface area contributed by atoms with Gasteiger partial charge in [0, 0.05) is 0 Å². The first-order chi connectivity index (χ1) is 16.1. The van der Waals surface area contributed by atoms with Crippen molar-refractivity contribution in [3.63, 3.8) is 0 Å². The highest BCUT2D eigenvalue weighted by molar-refractivity contribution is 8.05. The second kappa shape index (κ2) is 9.92. The number of amides is 1. The molecule has 0 aliphatic carbocycles. The molecule has 1 saturated heterocycles. The number of thioether (sulfide) groups is 1. The zero-order valence-corrected chi connectivity index (χ0v) is 19.7. The first-order valence-corrected chi connectivity index (χ1v) is 11.2. The van der Waals surface area contributed by atoms with Gasteiger partial charge in [0.1, 0.15) is 11.1 Å². The van der Waals surface area contributed by atoms with Crippen LogP contribution in [0.1, 0.15) is 16.5 Å². The van der Waals surface area contributed by atoms with Crippen LogP contribution in [-0.2, 0) is 4.79 Å². The number of hydrogen-bond acceptors (Lipinski definition) is 6. The molecule has 3 aromatic rings. The average molecular weight is 464 g/mol. The number of benzene rings is 3. The molecule has 33 heavy (non-hydrogen) atoms. The first kappa shape index (κ1) is 22.6. The summed E-state index contributed by atoms with van der Waals surface area (Å²) in [6, 6.07) is 21.0. The SMILES string of the molecule is COc1ccccc1N1C(=O)C(=Cc2ccccc2)SC1c1cc(OC)c(OC)c(OC)c1. The molecule has 0 aromatic heterocycles. The smallest absolute Gasteiger partial charge is 0.266 e. The average Bonchev–Trinajstić information content (AvgIpc) is 3.19. The lowest BCUT2D eigenvalue weighted by molar-refractivity contribution is -0.114. The third-order valence-electron chi connectivity index (χ3n) is 5.32. The molecule has 0 radical (unpaired) electrons. The Kier molecular flexibility index (Phi) is 6.79. The summed E-state index contributed by atoms with van der Waals surface area (Å²) in [7, 11) is 6.32. The zero-order chi connectivity index (χ0) is 23.4. The van der Waals surface area contributed by atoms with Crippen molar-refractivity contribution in [1.29, 1.82) is 0 Å². The van der Waals surface area contributed by atoms with E-state index in [1.807, 2.05) is 72.8 Å². The largest absolute Gasteiger partial charge is 0.495 e. The van der Waals surface area contributed by atoms with E-state index in [0.717, 1.165) is 11.1 Å². The predicted molar refractivity (Wildman–Crippen MR) is 131 cm³/mol. The topological polar surface area (TPSA) is 57.2 Å². The van der Waals surface area contributed by atoms with Crippen molar-refractivity contribution in [1.82, 2.24) is 0 Å². The summed E-state index contributed by atoms with van der Waals surface area (Å²) in [5.41, 5.74) is 2.48. The van der Waals surface area contributed by atoms with Gasteiger partial charge < -0.3 is 18.9 Å². The van der Waals surface area contributed by atoms with Crippen LogP contribution in [0.3, 0.4) is 0 Å². The minimum absolute atomic E-state index is 0.105. The van der Waals surface area contributed by atoms with Crippen LogP contribution >= 0.6 is 11.8 Å². The molecular formula is C26H25NO5S. The van der Waals surface area contributed by atoms with E-state index >= 15 is 0 Å². The van der Waals surface area contributed by atoms with Crippen molar-refractivity contribution in [2.75, 3.05) is 33.3 Å². The molecule has 3 aromatic carbocycles. The van der Waals surface area contributed by atoms with Gasteiger partial charge in [0.25, 0.3) is 5.91 Å². The van der Waals surface area contributed by atoms with E-state index in [1.165, 1.54) is 11.8 Å². The minimum atomic E-state index is -0.363. The van der Waals surface area contributed by atoms with Gasteiger partial charge in [-0.05, 0) is 41.5 Å². The van der Waals surface area contributed by atoms with Crippen LogP contribution in [0.5, 0.6) is 23.0 Å². The Morgan fingerprint density at radius 3 is 2.00 bits per heavy atom. The number of nitrogens with zero attached hydrogens (tertiary/aromatic N) is 1. The Morgan fingerprint density at radius 2 is 1.39 bits per heavy atom. The molecule has 6 nitrogen and oxygen atoms in total. The van der Waals surface area contributed by atoms with Gasteiger partial charge in [0.15, 0.2) is 11.5 Å². The molecule has 1 aliphatic heterocycles. The number of rotatable bonds is 7. The lowest BCUT2D eigenvalue weighted by Gasteiger charge is -2.26. The number of hydrogen-bond donors (Lipinski definition) is 0. The van der Waals surface area contributed by atoms with Crippen molar-refractivity contribution < 1.29 is 23.7 Å². The van der Waals surface area contributed by atoms with Crippen LogP contribution < -0.4 is 23.8 Å². The van der Waals surface area contributed by atoms with Crippen molar-refractivity contribution in [2.24, 2.45) is 0 Å². The van der Waals surface area contributed by atoms with Crippen LogP contribution in [0.15, 0.2) is 71.6 Å². The summed E-state index contributed by atoms with van der Waals surface area (Å²) in [6.45, 7) is 0. The predicted octanol–water partition coefficient (Wildman–Crippen LogP) is 5.54. The standard InChI is InChI=1S/C26H25NO5S/c1-29-20-13-9-8-12-19(20)27-25(28)23(14-17-10-6-5-7-11-17)33-26(27)18-15-21(30-2)24(32-4)22(16-18)31-3/h5-16,26H,1-4H3. The second-order valence-electron chi connectivity index (χ2n) is 7.20. The summed E-state index contributed by atoms with van der Waals surface area (Å²) in [5, 5.41) is -0.363. The van der Waals surface area contributed by atoms with Crippen molar-refractivity contribution >= 4 is 29.4 Å². The number of para-hydroxylation sites is 2. The fraction of sp³-hybridized carbons (Fsp3) is 0.192. The molecule has 1 atom stereocenters. The lowest BCUT2D eigenvalue weighted by Crippen LogP contribution is -2.27. The molecule has 1 amide bonds. The van der Waals surface area contributed by atoms with Crippen LogP contribution in [-0.4, -0.2) is 34.3 Å². The fourth-order valence-corrected chi connectivity index (χ4v) is 5.00. The van der Waals surface area contributed by atoms with Crippen LogP contribution in [0.4, 0.5) is 5.69 Å². The van der Waals surface area contributed by atoms with Gasteiger partial charge in [0.2, 0.25) is 5.75 Å². The Morgan fingerprint density at radius 1 is 0.788 bits per heavy atom. The molecule has 7 heteroatoms. The normalized spacial score (nSPS) is 16.7. The highest BCUT2D eigenvalue weighted by atomic mass is 32.2. The Bertz CT molecular complexity index is 1150. The molecule has 1 unspecified atom stereocenters. The van der Waals surface area contributed by atoms with E-state index in [9.17, 15) is 4.79 Å². The van der Waals surface area contributed by atoms with Gasteiger partial charge in [-0.25, -0.2) is 0 Å². The van der Waals surface area contributed by atoms with E-state index in [1.54, 1.807) is 33.3 Å². The minimum Gasteiger partial charge on any atom is -0.495 e. The maximum atomic E-state index is 13.7. The van der Waals surface area contributed by atoms with Crippen LogP contribution in [0.2, 0.25) is 0 Å². The number of ether oxygens (including phenoxy) is 4. The molecule has 1 aliphatic rings. The molecule has 0 spiro atoms. The quantitative estimate of drug-likeness (QED) is 0.429. The second-order valence-corrected chi connectivity index (χ2v) is 8.32. The molecule has 4 rings (SSSR count). The number of carbonyl (C=O) groups excluding carboxylic acids is 1. The number of methoxy groups -OCH3 is 4. The lowest BCUT2D eigenvalue weighted by atomic mass is 10.1. The summed E-state index contributed by atoms with van der Waals surface area (Å²) in [5.74, 6) is 2.07. The van der Waals surface area contributed by atoms with Gasteiger partial charge in [-0.15, -0.1) is 0 Å². The van der Waals surface area contributed by atoms with E-state index in [4.69, 9.17) is 18.9 Å². The summed E-state index contributed by atoms with van der Waals surface area (Å²) in [6.07, 6.45) is 1.91. The van der Waals surface area contributed by atoms with Gasteiger partial charge in [-0.3, -0.25) is 9.69 Å². The number of carbonyl (C=O) groups is 1. The molecular weight excluding hydrogens is 438 g/mol. The Hall–Kier alpha value is -3.58. The molecule has 1 heterocycles. The van der Waals surface area contributed by atoms with Gasteiger partial charge >= 0.3 is 0 Å². The van der Waals surface area contributed by atoms with Crippen molar-refractivity contribution in [3.05, 3.63) is 82.8 Å². The highest BCUT2D eigenvalue weighted by Gasteiger charge is 2.40. The van der Waals surface area contributed by atoms with Crippen molar-refractivity contribution in [2.45, 2.75) is 5.37 Å². The first-order valence-electron chi connectivity index (χ1n) is 10.3. The maximum absolute atomic E-state index is 13.7. The molecule has 0 saturated carbocycles. The van der Waals surface area contributed by atoms with Gasteiger partial charge in [0.05, 0.1) is 39.0 Å². The third kappa shape index (κ3) is 4.36. The fourth-order valence-electron chi connectivity index (χ4n) is 3.77. The number of anilines is 1. The monoisotopic (exact) mass is 463 g/mol. The molecule has 1 fully saturated rings. The van der Waals surface area contributed by atoms with E-state index in [2.05, 4.69) is 0 Å². The van der Waals surface area contributed by atoms with Gasteiger partial charge in [-0.1, -0.05) is 54.2 Å². The molecule has 0 bridgehead atoms. The van der Waals surface area contributed by atoms with Crippen LogP contribution in [0.25, 0.3) is 6.08 Å². The summed E-state index contributed by atoms with van der Waals surface area (Å²) in [4.78, 5) is 16.1. The van der Waals surface area contributed by atoms with Gasteiger partial charge in [-0.2, -0.15) is 0 Å². The zero-order valence-electron chi connectivity index (χ0n) is 18.9. The molecule has 170 valence electrons. The third-order valence-corrected chi connectivity index (χ3v) is 6.57. The Balaban J connectivity index is 1.87. The van der Waals surface area contributed by atoms with Crippen LogP contribution in [0, 0.1) is 0 Å². The van der Waals surface area contributed by atoms with E-state index in [-0.39, 0.29) is 11.3 Å². The summed E-state index contributed by atoms with van der Waals surface area (Å²) < 4.78 is 22.2. The Labute approximate surface area is 197 Å². The van der Waals surface area contributed by atoms with E-state index in [0.29, 0.717) is 33.6 Å². The van der Waals surface area contributed by atoms with E-state index < -0.39 is 0 Å². The molecule has 0 N–H and O–H groups in total. The summed E-state index contributed by atoms with van der Waals surface area (Å²) >= 11 is 1.47. The highest BCUT2D eigenvalue weighted by Crippen LogP contribution is 2.52. The van der Waals surface area contributed by atoms with Crippen molar-refractivity contribution in [3.8, 4) is 23.0 Å².